The normalized spacial score (nSPS) is 11.5. The number of ether oxygens (including phenoxy) is 1. The molecule has 2 amide bonds. The molecule has 4 rings (SSSR count). The molecule has 9 nitrogen and oxygen atoms in total. The van der Waals surface area contributed by atoms with Crippen molar-refractivity contribution in [2.24, 2.45) is 5.10 Å². The van der Waals surface area contributed by atoms with Gasteiger partial charge in [0.05, 0.1) is 22.9 Å². The number of benzene rings is 4. The summed E-state index contributed by atoms with van der Waals surface area (Å²) >= 11 is 5.95. The lowest BCUT2D eigenvalue weighted by Crippen LogP contribution is -2.39. The second-order valence-corrected chi connectivity index (χ2v) is 11.3. The van der Waals surface area contributed by atoms with Crippen molar-refractivity contribution in [3.63, 3.8) is 0 Å². The number of rotatable bonds is 11. The number of hydrogen-bond acceptors (Lipinski definition) is 6. The third-order valence-electron chi connectivity index (χ3n) is 6.07. The van der Waals surface area contributed by atoms with Crippen molar-refractivity contribution in [1.82, 2.24) is 5.43 Å². The third-order valence-corrected chi connectivity index (χ3v) is 8.11. The molecule has 42 heavy (non-hydrogen) atoms. The lowest BCUT2D eigenvalue weighted by atomic mass is 10.1. The van der Waals surface area contributed by atoms with Crippen LogP contribution < -0.4 is 19.8 Å². The maximum absolute atomic E-state index is 13.6. The van der Waals surface area contributed by atoms with Gasteiger partial charge in [0, 0.05) is 16.3 Å². The molecule has 0 atom stereocenters. The van der Waals surface area contributed by atoms with Crippen molar-refractivity contribution in [3.8, 4) is 5.75 Å². The van der Waals surface area contributed by atoms with Crippen LogP contribution in [0.25, 0.3) is 0 Å². The molecular formula is C31H29ClN4O5S. The molecule has 0 aliphatic heterocycles. The van der Waals surface area contributed by atoms with Crippen molar-refractivity contribution in [2.75, 3.05) is 22.8 Å². The first-order chi connectivity index (χ1) is 20.2. The van der Waals surface area contributed by atoms with Crippen LogP contribution in [0.15, 0.2) is 113 Å². The van der Waals surface area contributed by atoms with Crippen LogP contribution in [0.5, 0.6) is 5.75 Å². The molecule has 0 saturated carbocycles. The average molecular weight is 605 g/mol. The number of hydrogen-bond donors (Lipinski definition) is 2. The Hall–Kier alpha value is -4.67. The van der Waals surface area contributed by atoms with Crippen LogP contribution in [0, 0.1) is 0 Å². The molecule has 0 aliphatic rings. The van der Waals surface area contributed by atoms with E-state index in [9.17, 15) is 18.0 Å². The predicted molar refractivity (Wildman–Crippen MR) is 165 cm³/mol. The number of nitrogens with one attached hydrogen (secondary N) is 2. The summed E-state index contributed by atoms with van der Waals surface area (Å²) in [6, 6.07) is 27.9. The molecular weight excluding hydrogens is 576 g/mol. The van der Waals surface area contributed by atoms with E-state index in [4.69, 9.17) is 16.3 Å². The number of hydrazone groups is 1. The topological polar surface area (TPSA) is 117 Å². The first-order valence-corrected chi connectivity index (χ1v) is 14.8. The van der Waals surface area contributed by atoms with E-state index in [-0.39, 0.29) is 16.5 Å². The van der Waals surface area contributed by atoms with Crippen molar-refractivity contribution in [2.45, 2.75) is 18.7 Å². The van der Waals surface area contributed by atoms with Crippen molar-refractivity contribution < 1.29 is 22.7 Å². The number of carbonyl (C=O) groups excluding carboxylic acids is 2. The molecule has 0 radical (unpaired) electrons. The zero-order valence-electron chi connectivity index (χ0n) is 23.0. The molecule has 0 unspecified atom stereocenters. The smallest absolute Gasteiger partial charge is 0.264 e. The fourth-order valence-corrected chi connectivity index (χ4v) is 5.44. The van der Waals surface area contributed by atoms with Gasteiger partial charge in [0.15, 0.2) is 0 Å². The maximum atomic E-state index is 13.6. The van der Waals surface area contributed by atoms with E-state index in [0.29, 0.717) is 39.9 Å². The zero-order chi connectivity index (χ0) is 30.1. The number of anilines is 2. The van der Waals surface area contributed by atoms with E-state index in [1.807, 2.05) is 13.0 Å². The van der Waals surface area contributed by atoms with Crippen molar-refractivity contribution >= 4 is 50.5 Å². The molecule has 0 aliphatic carbocycles. The SMILES string of the molecule is CCOc1ccc(N(CC(=O)N/N=C(/C)c2ccc(NC(=O)c3ccccc3)cc2)S(=O)(=O)c2ccc(Cl)cc2)cc1. The minimum Gasteiger partial charge on any atom is -0.494 e. The van der Waals surface area contributed by atoms with E-state index in [2.05, 4.69) is 15.8 Å². The van der Waals surface area contributed by atoms with Crippen LogP contribution in [0.3, 0.4) is 0 Å². The highest BCUT2D eigenvalue weighted by molar-refractivity contribution is 7.92. The third kappa shape index (κ3) is 7.74. The highest BCUT2D eigenvalue weighted by Crippen LogP contribution is 2.26. The summed E-state index contributed by atoms with van der Waals surface area (Å²) in [7, 11) is -4.13. The molecule has 11 heteroatoms. The van der Waals surface area contributed by atoms with Gasteiger partial charge in [-0.05, 0) is 92.2 Å². The number of carbonyl (C=O) groups is 2. The average Bonchev–Trinajstić information content (AvgIpc) is 3.00. The minimum atomic E-state index is -4.13. The molecule has 0 spiro atoms. The number of amides is 2. The van der Waals surface area contributed by atoms with Gasteiger partial charge in [0.1, 0.15) is 12.3 Å². The Bertz CT molecular complexity index is 1660. The van der Waals surface area contributed by atoms with Crippen LogP contribution in [0.2, 0.25) is 5.02 Å². The van der Waals surface area contributed by atoms with Gasteiger partial charge in [-0.1, -0.05) is 41.9 Å². The van der Waals surface area contributed by atoms with Crippen molar-refractivity contribution in [1.29, 1.82) is 0 Å². The van der Waals surface area contributed by atoms with E-state index in [0.717, 1.165) is 4.31 Å². The molecule has 0 fully saturated rings. The summed E-state index contributed by atoms with van der Waals surface area (Å²) in [5.41, 5.74) is 5.04. The molecule has 0 saturated heterocycles. The Morgan fingerprint density at radius 1 is 0.857 bits per heavy atom. The van der Waals surface area contributed by atoms with Crippen LogP contribution in [0.4, 0.5) is 11.4 Å². The largest absolute Gasteiger partial charge is 0.494 e. The summed E-state index contributed by atoms with van der Waals surface area (Å²) in [5.74, 6) is -0.306. The molecule has 4 aromatic carbocycles. The van der Waals surface area contributed by atoms with Gasteiger partial charge in [0.25, 0.3) is 21.8 Å². The highest BCUT2D eigenvalue weighted by Gasteiger charge is 2.27. The summed E-state index contributed by atoms with van der Waals surface area (Å²) in [6.45, 7) is 3.47. The van der Waals surface area contributed by atoms with E-state index >= 15 is 0 Å². The predicted octanol–water partition coefficient (Wildman–Crippen LogP) is 5.73. The highest BCUT2D eigenvalue weighted by atomic mass is 35.5. The Labute approximate surface area is 249 Å². The van der Waals surface area contributed by atoms with Gasteiger partial charge in [-0.2, -0.15) is 5.10 Å². The summed E-state index contributed by atoms with van der Waals surface area (Å²) in [4.78, 5) is 25.3. The molecule has 2 N–H and O–H groups in total. The Kier molecular flexibility index (Phi) is 9.95. The Morgan fingerprint density at radius 3 is 2.12 bits per heavy atom. The monoisotopic (exact) mass is 604 g/mol. The van der Waals surface area contributed by atoms with Crippen LogP contribution >= 0.6 is 11.6 Å². The minimum absolute atomic E-state index is 0.0206. The maximum Gasteiger partial charge on any atom is 0.264 e. The molecule has 216 valence electrons. The van der Waals surface area contributed by atoms with Gasteiger partial charge in [-0.25, -0.2) is 13.8 Å². The van der Waals surface area contributed by atoms with Gasteiger partial charge in [0.2, 0.25) is 0 Å². The van der Waals surface area contributed by atoms with Crippen LogP contribution in [0.1, 0.15) is 29.8 Å². The molecule has 4 aromatic rings. The standard InChI is InChI=1S/C31H29ClN4O5S/c1-3-41-28-17-15-27(16-18-28)36(42(39,40)29-19-11-25(32)12-20-29)21-30(37)35-34-22(2)23-9-13-26(14-10-23)33-31(38)24-7-5-4-6-8-24/h4-20H,3,21H2,1-2H3,(H,33,38)(H,35,37)/b34-22-. The lowest BCUT2D eigenvalue weighted by molar-refractivity contribution is -0.119. The second-order valence-electron chi connectivity index (χ2n) is 9.02. The van der Waals surface area contributed by atoms with Crippen molar-refractivity contribution in [3.05, 3.63) is 119 Å². The van der Waals surface area contributed by atoms with Gasteiger partial charge in [-0.3, -0.25) is 13.9 Å². The Balaban J connectivity index is 1.47. The summed E-state index contributed by atoms with van der Waals surface area (Å²) in [5, 5.41) is 7.37. The van der Waals surface area contributed by atoms with Gasteiger partial charge >= 0.3 is 0 Å². The number of sulfonamides is 1. The molecule has 0 aromatic heterocycles. The first-order valence-electron chi connectivity index (χ1n) is 13.0. The summed E-state index contributed by atoms with van der Waals surface area (Å²) < 4.78 is 33.6. The van der Waals surface area contributed by atoms with Crippen LogP contribution in [-0.4, -0.2) is 39.1 Å². The van der Waals surface area contributed by atoms with E-state index in [1.54, 1.807) is 79.7 Å². The second kappa shape index (κ2) is 13.8. The zero-order valence-corrected chi connectivity index (χ0v) is 24.5. The van der Waals surface area contributed by atoms with Gasteiger partial charge < -0.3 is 10.1 Å². The fourth-order valence-electron chi connectivity index (χ4n) is 3.89. The number of nitrogens with zero attached hydrogens (tertiary/aromatic N) is 2. The Morgan fingerprint density at radius 2 is 1.50 bits per heavy atom. The van der Waals surface area contributed by atoms with Crippen LogP contribution in [-0.2, 0) is 14.8 Å². The summed E-state index contributed by atoms with van der Waals surface area (Å²) in [6.07, 6.45) is 0. The molecule has 0 heterocycles. The first kappa shape index (κ1) is 30.3. The lowest BCUT2D eigenvalue weighted by Gasteiger charge is -2.24. The fraction of sp³-hybridized carbons (Fsp3) is 0.129. The number of halogens is 1. The van der Waals surface area contributed by atoms with Gasteiger partial charge in [-0.15, -0.1) is 0 Å². The van der Waals surface area contributed by atoms with E-state index in [1.165, 1.54) is 24.3 Å². The molecule has 0 bridgehead atoms. The van der Waals surface area contributed by atoms with E-state index < -0.39 is 22.5 Å². The quantitative estimate of drug-likeness (QED) is 0.168.